The predicted octanol–water partition coefficient (Wildman–Crippen LogP) is 3.52. The van der Waals surface area contributed by atoms with Crippen LogP contribution in [0.2, 0.25) is 0 Å². The number of methoxy groups -OCH3 is 2. The fraction of sp³-hybridized carbons (Fsp3) is 0.333. The van der Waals surface area contributed by atoms with Gasteiger partial charge in [0.05, 0.1) is 19.9 Å². The highest BCUT2D eigenvalue weighted by molar-refractivity contribution is 5.91. The number of halogens is 3. The number of pyridine rings is 1. The number of piperazine rings is 1. The van der Waals surface area contributed by atoms with Crippen molar-refractivity contribution in [2.24, 2.45) is 0 Å². The van der Waals surface area contributed by atoms with Gasteiger partial charge >= 0.3 is 18.1 Å². The van der Waals surface area contributed by atoms with Crippen molar-refractivity contribution in [2.45, 2.75) is 6.18 Å². The zero-order valence-electron chi connectivity index (χ0n) is 18.3. The molecule has 0 atom stereocenters. The van der Waals surface area contributed by atoms with E-state index in [9.17, 15) is 18.0 Å². The summed E-state index contributed by atoms with van der Waals surface area (Å²) in [7, 11) is 3.05. The van der Waals surface area contributed by atoms with Crippen molar-refractivity contribution in [3.8, 4) is 22.9 Å². The molecule has 3 heterocycles. The number of urea groups is 1. The van der Waals surface area contributed by atoms with E-state index in [2.05, 4.69) is 25.0 Å². The fourth-order valence-corrected chi connectivity index (χ4v) is 3.40. The Morgan fingerprint density at radius 1 is 1.09 bits per heavy atom. The monoisotopic (exact) mass is 478 g/mol. The van der Waals surface area contributed by atoms with Gasteiger partial charge in [0.15, 0.2) is 0 Å². The van der Waals surface area contributed by atoms with Gasteiger partial charge in [0, 0.05) is 44.0 Å². The number of anilines is 2. The molecule has 3 aromatic rings. The minimum atomic E-state index is -4.71. The lowest BCUT2D eigenvalue weighted by Gasteiger charge is -2.35. The van der Waals surface area contributed by atoms with Crippen molar-refractivity contribution in [2.75, 3.05) is 50.6 Å². The Bertz CT molecular complexity index is 1140. The first kappa shape index (κ1) is 23.1. The second-order valence-electron chi connectivity index (χ2n) is 7.30. The van der Waals surface area contributed by atoms with Gasteiger partial charge in [0.25, 0.3) is 0 Å². The van der Waals surface area contributed by atoms with E-state index in [4.69, 9.17) is 9.47 Å². The number of carbonyl (C=O) groups is 1. The molecule has 1 fully saturated rings. The number of ether oxygens (including phenoxy) is 2. The lowest BCUT2D eigenvalue weighted by molar-refractivity contribution is -0.159. The molecule has 2 aromatic heterocycles. The summed E-state index contributed by atoms with van der Waals surface area (Å²) >= 11 is 0. The topological polar surface area (TPSA) is 106 Å². The smallest absolute Gasteiger partial charge is 0.471 e. The molecule has 0 spiro atoms. The van der Waals surface area contributed by atoms with Gasteiger partial charge in [-0.1, -0.05) is 5.16 Å². The Balaban J connectivity index is 1.35. The quantitative estimate of drug-likeness (QED) is 0.594. The molecule has 2 amide bonds. The first-order valence-corrected chi connectivity index (χ1v) is 10.2. The van der Waals surface area contributed by atoms with Crippen LogP contribution in [-0.4, -0.2) is 66.5 Å². The minimum Gasteiger partial charge on any atom is -0.497 e. The highest BCUT2D eigenvalue weighted by Crippen LogP contribution is 2.30. The normalized spacial score (nSPS) is 14.1. The summed E-state index contributed by atoms with van der Waals surface area (Å²) in [6.45, 7) is 1.96. The maximum atomic E-state index is 12.7. The van der Waals surface area contributed by atoms with Crippen molar-refractivity contribution in [1.29, 1.82) is 0 Å². The summed E-state index contributed by atoms with van der Waals surface area (Å²) in [5.74, 6) is 0.122. The Morgan fingerprint density at radius 3 is 2.44 bits per heavy atom. The third-order valence-corrected chi connectivity index (χ3v) is 5.22. The van der Waals surface area contributed by atoms with Crippen LogP contribution in [0.1, 0.15) is 5.89 Å². The van der Waals surface area contributed by atoms with Gasteiger partial charge in [-0.2, -0.15) is 18.2 Å². The molecule has 0 saturated carbocycles. The number of carbonyl (C=O) groups excluding carboxylic acids is 1. The van der Waals surface area contributed by atoms with Crippen LogP contribution in [0, 0.1) is 0 Å². The first-order valence-electron chi connectivity index (χ1n) is 10.2. The van der Waals surface area contributed by atoms with E-state index in [0.29, 0.717) is 54.7 Å². The Morgan fingerprint density at radius 2 is 1.85 bits per heavy atom. The first-order chi connectivity index (χ1) is 16.3. The second kappa shape index (κ2) is 9.45. The zero-order chi connectivity index (χ0) is 24.3. The maximum Gasteiger partial charge on any atom is 0.471 e. The van der Waals surface area contributed by atoms with Crippen LogP contribution in [0.15, 0.2) is 41.1 Å². The molecule has 0 aliphatic carbocycles. The molecule has 34 heavy (non-hydrogen) atoms. The van der Waals surface area contributed by atoms with Gasteiger partial charge in [0.2, 0.25) is 5.82 Å². The van der Waals surface area contributed by atoms with E-state index < -0.39 is 12.1 Å². The number of nitrogens with zero attached hydrogens (tertiary/aromatic N) is 5. The lowest BCUT2D eigenvalue weighted by atomic mass is 10.2. The number of alkyl halides is 3. The van der Waals surface area contributed by atoms with Crippen molar-refractivity contribution in [3.63, 3.8) is 0 Å². The SMILES string of the molecule is COc1ccc(NC(=O)N2CCN(c3ccc(-c4noc(C(F)(F)F)n4)cn3)CC2)c(OC)c1. The standard InChI is InChI=1S/C21H21F3N6O4/c1-32-14-4-5-15(16(11-14)33-2)26-20(31)30-9-7-29(8-10-30)17-6-3-13(12-25-17)18-27-19(34-28-18)21(22,23)24/h3-6,11-12H,7-10H2,1-2H3,(H,26,31). The van der Waals surface area contributed by atoms with E-state index in [1.165, 1.54) is 13.3 Å². The molecule has 0 unspecified atom stereocenters. The van der Waals surface area contributed by atoms with Gasteiger partial charge in [-0.05, 0) is 24.3 Å². The van der Waals surface area contributed by atoms with Crippen LogP contribution in [0.5, 0.6) is 11.5 Å². The van der Waals surface area contributed by atoms with Crippen molar-refractivity contribution in [1.82, 2.24) is 20.0 Å². The molecule has 4 rings (SSSR count). The number of benzene rings is 1. The fourth-order valence-electron chi connectivity index (χ4n) is 3.40. The molecule has 10 nitrogen and oxygen atoms in total. The number of aromatic nitrogens is 3. The molecule has 0 radical (unpaired) electrons. The molecule has 1 aliphatic rings. The molecule has 1 saturated heterocycles. The molecule has 180 valence electrons. The summed E-state index contributed by atoms with van der Waals surface area (Å²) in [5, 5.41) is 6.20. The lowest BCUT2D eigenvalue weighted by Crippen LogP contribution is -2.50. The van der Waals surface area contributed by atoms with Crippen LogP contribution in [0.4, 0.5) is 29.5 Å². The van der Waals surface area contributed by atoms with Crippen LogP contribution >= 0.6 is 0 Å². The summed E-state index contributed by atoms with van der Waals surface area (Å²) < 4.78 is 52.6. The van der Waals surface area contributed by atoms with Gasteiger partial charge in [-0.25, -0.2) is 9.78 Å². The predicted molar refractivity (Wildman–Crippen MR) is 115 cm³/mol. The molecule has 0 bridgehead atoms. The number of rotatable bonds is 5. The highest BCUT2D eigenvalue weighted by atomic mass is 19.4. The Hall–Kier alpha value is -4.03. The summed E-state index contributed by atoms with van der Waals surface area (Å²) in [5.41, 5.74) is 0.831. The third-order valence-electron chi connectivity index (χ3n) is 5.22. The van der Waals surface area contributed by atoms with Crippen LogP contribution in [0.25, 0.3) is 11.4 Å². The molecular weight excluding hydrogens is 457 g/mol. The molecule has 1 N–H and O–H groups in total. The molecule has 1 aliphatic heterocycles. The van der Waals surface area contributed by atoms with E-state index in [1.807, 2.05) is 4.90 Å². The van der Waals surface area contributed by atoms with Gasteiger partial charge < -0.3 is 29.1 Å². The summed E-state index contributed by atoms with van der Waals surface area (Å²) in [4.78, 5) is 24.0. The van der Waals surface area contributed by atoms with Crippen molar-refractivity contribution >= 4 is 17.5 Å². The Kier molecular flexibility index (Phi) is 6.43. The largest absolute Gasteiger partial charge is 0.497 e. The third kappa shape index (κ3) is 4.97. The average molecular weight is 478 g/mol. The van der Waals surface area contributed by atoms with Crippen molar-refractivity contribution < 1.29 is 32.0 Å². The van der Waals surface area contributed by atoms with Crippen molar-refractivity contribution in [3.05, 3.63) is 42.4 Å². The van der Waals surface area contributed by atoms with Gasteiger partial charge in [-0.15, -0.1) is 0 Å². The summed E-state index contributed by atoms with van der Waals surface area (Å²) in [6, 6.07) is 8.09. The maximum absolute atomic E-state index is 12.7. The Labute approximate surface area is 192 Å². The van der Waals surface area contributed by atoms with Crippen LogP contribution in [-0.2, 0) is 6.18 Å². The van der Waals surface area contributed by atoms with Gasteiger partial charge in [-0.3, -0.25) is 0 Å². The van der Waals surface area contributed by atoms with E-state index in [1.54, 1.807) is 42.3 Å². The highest BCUT2D eigenvalue weighted by Gasteiger charge is 2.38. The number of nitrogens with one attached hydrogen (secondary N) is 1. The second-order valence-corrected chi connectivity index (χ2v) is 7.30. The van der Waals surface area contributed by atoms with E-state index in [-0.39, 0.29) is 11.9 Å². The van der Waals surface area contributed by atoms with Crippen LogP contribution in [0.3, 0.4) is 0 Å². The van der Waals surface area contributed by atoms with Crippen LogP contribution < -0.4 is 19.7 Å². The number of hydrogen-bond acceptors (Lipinski definition) is 8. The van der Waals surface area contributed by atoms with E-state index >= 15 is 0 Å². The summed E-state index contributed by atoms with van der Waals surface area (Å²) in [6.07, 6.45) is -3.32. The average Bonchev–Trinajstić information content (AvgIpc) is 3.36. The van der Waals surface area contributed by atoms with Gasteiger partial charge in [0.1, 0.15) is 17.3 Å². The zero-order valence-corrected chi connectivity index (χ0v) is 18.3. The minimum absolute atomic E-state index is 0.193. The van der Waals surface area contributed by atoms with E-state index in [0.717, 1.165) is 0 Å². The molecular formula is C21H21F3N6O4. The number of amides is 2. The molecule has 13 heteroatoms. The molecule has 1 aromatic carbocycles. The number of hydrogen-bond donors (Lipinski definition) is 1.